The van der Waals surface area contributed by atoms with Crippen LogP contribution in [0.3, 0.4) is 0 Å². The van der Waals surface area contributed by atoms with Crippen molar-refractivity contribution >= 4 is 16.8 Å². The molecule has 2 N–H and O–H groups in total. The van der Waals surface area contributed by atoms with Crippen LogP contribution in [0.2, 0.25) is 0 Å². The normalized spacial score (nSPS) is 12.1. The molecule has 1 amide bonds. The lowest BCUT2D eigenvalue weighted by molar-refractivity contribution is 0.0845. The Kier molecular flexibility index (Phi) is 6.46. The number of carbonyl (C=O) groups is 1. The zero-order chi connectivity index (χ0) is 19.1. The number of aromatic nitrogens is 1. The summed E-state index contributed by atoms with van der Waals surface area (Å²) in [7, 11) is 1.65. The fraction of sp³-hybridized carbons (Fsp3) is 0.286. The van der Waals surface area contributed by atoms with E-state index in [1.54, 1.807) is 7.11 Å². The Hall–Kier alpha value is -2.83. The molecule has 0 saturated carbocycles. The number of rotatable bonds is 9. The molecule has 6 heteroatoms. The highest BCUT2D eigenvalue weighted by atomic mass is 16.5. The van der Waals surface area contributed by atoms with Gasteiger partial charge in [0.1, 0.15) is 18.5 Å². The van der Waals surface area contributed by atoms with Crippen molar-refractivity contribution in [3.8, 4) is 5.75 Å². The van der Waals surface area contributed by atoms with Crippen LogP contribution in [0.25, 0.3) is 10.9 Å². The van der Waals surface area contributed by atoms with Crippen molar-refractivity contribution in [3.05, 3.63) is 66.4 Å². The maximum Gasteiger partial charge on any atom is 0.253 e. The molecule has 1 heterocycles. The van der Waals surface area contributed by atoms with E-state index in [1.807, 2.05) is 65.4 Å². The predicted octanol–water partition coefficient (Wildman–Crippen LogP) is 2.46. The molecule has 27 heavy (non-hydrogen) atoms. The van der Waals surface area contributed by atoms with Crippen LogP contribution in [-0.4, -0.2) is 48.6 Å². The summed E-state index contributed by atoms with van der Waals surface area (Å²) in [6, 6.07) is 17.0. The van der Waals surface area contributed by atoms with Crippen molar-refractivity contribution in [1.29, 1.82) is 0 Å². The molecule has 0 bridgehead atoms. The average Bonchev–Trinajstić information content (AvgIpc) is 3.08. The number of nitrogens with zero attached hydrogens (tertiary/aromatic N) is 1. The predicted molar refractivity (Wildman–Crippen MR) is 104 cm³/mol. The van der Waals surface area contributed by atoms with Crippen LogP contribution >= 0.6 is 0 Å². The number of nitrogens with one attached hydrogen (secondary N) is 1. The van der Waals surface area contributed by atoms with Gasteiger partial charge in [-0.15, -0.1) is 0 Å². The average molecular weight is 368 g/mol. The van der Waals surface area contributed by atoms with Gasteiger partial charge >= 0.3 is 0 Å². The minimum Gasteiger partial charge on any atom is -0.491 e. The third-order valence-corrected chi connectivity index (χ3v) is 4.25. The Morgan fingerprint density at radius 2 is 1.89 bits per heavy atom. The van der Waals surface area contributed by atoms with Gasteiger partial charge in [-0.1, -0.05) is 36.4 Å². The maximum atomic E-state index is 12.6. The van der Waals surface area contributed by atoms with E-state index in [0.29, 0.717) is 24.5 Å². The van der Waals surface area contributed by atoms with Gasteiger partial charge in [0.25, 0.3) is 5.91 Å². The summed E-state index contributed by atoms with van der Waals surface area (Å²) in [5, 5.41) is 13.7. The lowest BCUT2D eigenvalue weighted by Gasteiger charge is -2.13. The van der Waals surface area contributed by atoms with E-state index < -0.39 is 6.10 Å². The molecule has 0 radical (unpaired) electrons. The fourth-order valence-electron chi connectivity index (χ4n) is 2.88. The lowest BCUT2D eigenvalue weighted by Crippen LogP contribution is -2.35. The molecule has 3 rings (SSSR count). The molecule has 2 aromatic carbocycles. The number of carbonyl (C=O) groups excluding carboxylic acids is 1. The molecule has 142 valence electrons. The molecule has 0 saturated heterocycles. The number of para-hydroxylation sites is 2. The molecular formula is C21H24N2O4. The van der Waals surface area contributed by atoms with E-state index >= 15 is 0 Å². The van der Waals surface area contributed by atoms with E-state index in [2.05, 4.69) is 5.32 Å². The highest BCUT2D eigenvalue weighted by molar-refractivity contribution is 6.07. The van der Waals surface area contributed by atoms with Crippen molar-refractivity contribution in [2.24, 2.45) is 0 Å². The standard InChI is InChI=1S/C21H24N2O4/c1-26-12-11-23-14-19(18-9-5-6-10-20(18)23)21(25)22-13-16(24)15-27-17-7-3-2-4-8-17/h2-10,14,16,24H,11-13,15H2,1H3,(H,22,25)/t16-/m0/s1. The van der Waals surface area contributed by atoms with E-state index in [4.69, 9.17) is 9.47 Å². The SMILES string of the molecule is COCCn1cc(C(=O)NC[C@H](O)COc2ccccc2)c2ccccc21. The van der Waals surface area contributed by atoms with Gasteiger partial charge in [0.05, 0.1) is 12.2 Å². The van der Waals surface area contributed by atoms with Crippen LogP contribution in [0.4, 0.5) is 0 Å². The molecule has 0 spiro atoms. The molecule has 1 aromatic heterocycles. The number of amides is 1. The molecule has 0 unspecified atom stereocenters. The molecule has 0 aliphatic carbocycles. The number of benzene rings is 2. The Labute approximate surface area is 158 Å². The molecule has 1 atom stereocenters. The van der Waals surface area contributed by atoms with Gasteiger partial charge in [-0.25, -0.2) is 0 Å². The van der Waals surface area contributed by atoms with Crippen LogP contribution in [0.5, 0.6) is 5.75 Å². The summed E-state index contributed by atoms with van der Waals surface area (Å²) >= 11 is 0. The molecule has 0 aliphatic rings. The second kappa shape index (κ2) is 9.21. The summed E-state index contributed by atoms with van der Waals surface area (Å²) in [5.74, 6) is 0.463. The summed E-state index contributed by atoms with van der Waals surface area (Å²) in [4.78, 5) is 12.6. The zero-order valence-corrected chi connectivity index (χ0v) is 15.3. The summed E-state index contributed by atoms with van der Waals surface area (Å²) in [6.45, 7) is 1.45. The van der Waals surface area contributed by atoms with Gasteiger partial charge in [-0.05, 0) is 18.2 Å². The number of ether oxygens (including phenoxy) is 2. The van der Waals surface area contributed by atoms with Gasteiger partial charge < -0.3 is 24.5 Å². The highest BCUT2D eigenvalue weighted by Gasteiger charge is 2.16. The van der Waals surface area contributed by atoms with Crippen LogP contribution in [0.15, 0.2) is 60.8 Å². The summed E-state index contributed by atoms with van der Waals surface area (Å²) < 4.78 is 12.6. The van der Waals surface area contributed by atoms with Crippen LogP contribution < -0.4 is 10.1 Å². The highest BCUT2D eigenvalue weighted by Crippen LogP contribution is 2.21. The number of aliphatic hydroxyl groups excluding tert-OH is 1. The fourth-order valence-corrected chi connectivity index (χ4v) is 2.88. The smallest absolute Gasteiger partial charge is 0.253 e. The molecule has 0 aliphatic heterocycles. The van der Waals surface area contributed by atoms with E-state index in [9.17, 15) is 9.90 Å². The molecule has 6 nitrogen and oxygen atoms in total. The number of fused-ring (bicyclic) bond motifs is 1. The van der Waals surface area contributed by atoms with Crippen molar-refractivity contribution < 1.29 is 19.4 Å². The maximum absolute atomic E-state index is 12.6. The largest absolute Gasteiger partial charge is 0.491 e. The quantitative estimate of drug-likeness (QED) is 0.609. The Balaban J connectivity index is 1.60. The number of aliphatic hydroxyl groups is 1. The van der Waals surface area contributed by atoms with Gasteiger partial charge in [0.2, 0.25) is 0 Å². The second-order valence-electron chi connectivity index (χ2n) is 6.23. The summed E-state index contributed by atoms with van der Waals surface area (Å²) in [6.07, 6.45) is 1.03. The number of methoxy groups -OCH3 is 1. The Bertz CT molecular complexity index is 876. The Morgan fingerprint density at radius 3 is 2.67 bits per heavy atom. The minimum absolute atomic E-state index is 0.111. The Morgan fingerprint density at radius 1 is 1.15 bits per heavy atom. The number of hydrogen-bond donors (Lipinski definition) is 2. The van der Waals surface area contributed by atoms with Gasteiger partial charge in [-0.2, -0.15) is 0 Å². The second-order valence-corrected chi connectivity index (χ2v) is 6.23. The van der Waals surface area contributed by atoms with Crippen LogP contribution in [-0.2, 0) is 11.3 Å². The third kappa shape index (κ3) is 4.87. The van der Waals surface area contributed by atoms with E-state index in [1.165, 1.54) is 0 Å². The number of hydrogen-bond acceptors (Lipinski definition) is 4. The van der Waals surface area contributed by atoms with Gasteiger partial charge in [0.15, 0.2) is 0 Å². The van der Waals surface area contributed by atoms with Crippen molar-refractivity contribution in [3.63, 3.8) is 0 Å². The van der Waals surface area contributed by atoms with Crippen molar-refractivity contribution in [2.75, 3.05) is 26.9 Å². The van der Waals surface area contributed by atoms with Gasteiger partial charge in [0, 0.05) is 37.3 Å². The monoisotopic (exact) mass is 368 g/mol. The van der Waals surface area contributed by atoms with E-state index in [0.717, 1.165) is 10.9 Å². The first-order chi connectivity index (χ1) is 13.2. The van der Waals surface area contributed by atoms with E-state index in [-0.39, 0.29) is 19.1 Å². The van der Waals surface area contributed by atoms with Crippen LogP contribution in [0.1, 0.15) is 10.4 Å². The van der Waals surface area contributed by atoms with Crippen molar-refractivity contribution in [2.45, 2.75) is 12.6 Å². The molecular weight excluding hydrogens is 344 g/mol. The first kappa shape index (κ1) is 18.9. The lowest BCUT2D eigenvalue weighted by atomic mass is 10.1. The summed E-state index contributed by atoms with van der Waals surface area (Å²) in [5.41, 5.74) is 1.56. The van der Waals surface area contributed by atoms with Gasteiger partial charge in [-0.3, -0.25) is 4.79 Å². The third-order valence-electron chi connectivity index (χ3n) is 4.25. The van der Waals surface area contributed by atoms with Crippen LogP contribution in [0, 0.1) is 0 Å². The first-order valence-electron chi connectivity index (χ1n) is 8.90. The zero-order valence-electron chi connectivity index (χ0n) is 15.3. The topological polar surface area (TPSA) is 72.7 Å². The first-order valence-corrected chi connectivity index (χ1v) is 8.90. The molecule has 3 aromatic rings. The minimum atomic E-state index is -0.795. The molecule has 0 fully saturated rings. The van der Waals surface area contributed by atoms with Crippen molar-refractivity contribution in [1.82, 2.24) is 9.88 Å².